The molecule has 180 valence electrons. The normalized spacial score (nSPS) is 14.1. The first kappa shape index (κ1) is 22.7. The summed E-state index contributed by atoms with van der Waals surface area (Å²) in [7, 11) is 1.88. The molecule has 3 aromatic heterocycles. The van der Waals surface area contributed by atoms with Gasteiger partial charge in [0.2, 0.25) is 0 Å². The number of hydrogen-bond acceptors (Lipinski definition) is 8. The van der Waals surface area contributed by atoms with Crippen molar-refractivity contribution in [3.05, 3.63) is 70.2 Å². The first-order valence-corrected chi connectivity index (χ1v) is 11.8. The van der Waals surface area contributed by atoms with E-state index in [1.165, 1.54) is 0 Å². The fourth-order valence-electron chi connectivity index (χ4n) is 4.44. The van der Waals surface area contributed by atoms with Gasteiger partial charge in [0.05, 0.1) is 29.3 Å². The second-order valence-electron chi connectivity index (χ2n) is 8.61. The van der Waals surface area contributed by atoms with Crippen LogP contribution >= 0.6 is 0 Å². The zero-order valence-electron chi connectivity index (χ0n) is 20.0. The van der Waals surface area contributed by atoms with E-state index in [1.807, 2.05) is 53.9 Å². The van der Waals surface area contributed by atoms with Crippen molar-refractivity contribution < 1.29 is 9.53 Å². The van der Waals surface area contributed by atoms with Gasteiger partial charge in [-0.1, -0.05) is 19.1 Å². The van der Waals surface area contributed by atoms with Crippen LogP contribution in [0.1, 0.15) is 49.9 Å². The first-order valence-electron chi connectivity index (χ1n) is 11.8. The van der Waals surface area contributed by atoms with Crippen molar-refractivity contribution in [3.63, 3.8) is 0 Å². The fraction of sp³-hybridized carbons (Fsp3) is 0.360. The van der Waals surface area contributed by atoms with Crippen molar-refractivity contribution in [2.24, 2.45) is 7.05 Å². The van der Waals surface area contributed by atoms with Crippen LogP contribution in [0.5, 0.6) is 0 Å². The Labute approximate surface area is 202 Å². The summed E-state index contributed by atoms with van der Waals surface area (Å²) in [6.45, 7) is 4.80. The van der Waals surface area contributed by atoms with Crippen molar-refractivity contribution in [2.45, 2.75) is 45.8 Å². The third-order valence-corrected chi connectivity index (χ3v) is 6.22. The van der Waals surface area contributed by atoms with Gasteiger partial charge < -0.3 is 9.64 Å². The molecule has 10 nitrogen and oxygen atoms in total. The molecule has 0 N–H and O–H groups in total. The molecule has 4 aromatic rings. The van der Waals surface area contributed by atoms with Crippen LogP contribution in [0, 0.1) is 0 Å². The van der Waals surface area contributed by atoms with E-state index < -0.39 is 6.10 Å². The molecule has 0 amide bonds. The maximum Gasteiger partial charge on any atom is 0.306 e. The number of benzene rings is 1. The Morgan fingerprint density at radius 3 is 2.71 bits per heavy atom. The average Bonchev–Trinajstić information content (AvgIpc) is 3.13. The maximum atomic E-state index is 13.5. The number of carbonyl (C=O) groups excluding carboxylic acids is 1. The molecule has 0 spiro atoms. The molecule has 1 aliphatic rings. The monoisotopic (exact) mass is 473 g/mol. The lowest BCUT2D eigenvalue weighted by molar-refractivity contribution is -0.149. The summed E-state index contributed by atoms with van der Waals surface area (Å²) in [5.74, 6) is 1.36. The molecular weight excluding hydrogens is 446 g/mol. The highest BCUT2D eigenvalue weighted by molar-refractivity contribution is 5.74. The quantitative estimate of drug-likeness (QED) is 0.394. The van der Waals surface area contributed by atoms with Crippen molar-refractivity contribution in [1.29, 1.82) is 0 Å². The van der Waals surface area contributed by atoms with Gasteiger partial charge >= 0.3 is 5.97 Å². The lowest BCUT2D eigenvalue weighted by Gasteiger charge is -2.28. The lowest BCUT2D eigenvalue weighted by atomic mass is 10.1. The predicted molar refractivity (Wildman–Crippen MR) is 130 cm³/mol. The second kappa shape index (κ2) is 9.28. The van der Waals surface area contributed by atoms with Crippen LogP contribution in [0.4, 0.5) is 5.82 Å². The SMILES string of the molecule is CCCC(=O)OC(C)c1nccc(N2CCc3c(c(=O)n(-c4cnc5ccccc5n4)n3C)C2)n1. The van der Waals surface area contributed by atoms with Crippen LogP contribution in [0.15, 0.2) is 47.5 Å². The number of esters is 1. The van der Waals surface area contributed by atoms with Gasteiger partial charge in [0.1, 0.15) is 5.82 Å². The summed E-state index contributed by atoms with van der Waals surface area (Å²) in [4.78, 5) is 45.4. The van der Waals surface area contributed by atoms with E-state index >= 15 is 0 Å². The molecule has 0 saturated carbocycles. The van der Waals surface area contributed by atoms with E-state index in [4.69, 9.17) is 4.74 Å². The standard InChI is InChI=1S/C25H27N7O3/c1-4-7-23(33)35-16(2)24-26-12-10-21(29-24)31-13-11-20-17(15-31)25(34)32(30(20)3)22-14-27-18-8-5-6-9-19(18)28-22/h5-6,8-10,12,14,16H,4,7,11,13,15H2,1-3H3. The van der Waals surface area contributed by atoms with E-state index in [2.05, 4.69) is 19.9 Å². The summed E-state index contributed by atoms with van der Waals surface area (Å²) < 4.78 is 8.89. The smallest absolute Gasteiger partial charge is 0.306 e. The van der Waals surface area contributed by atoms with Crippen molar-refractivity contribution in [2.75, 3.05) is 11.4 Å². The average molecular weight is 474 g/mol. The molecule has 0 saturated heterocycles. The van der Waals surface area contributed by atoms with Crippen LogP contribution in [-0.4, -0.2) is 41.8 Å². The maximum absolute atomic E-state index is 13.5. The van der Waals surface area contributed by atoms with Crippen LogP contribution in [-0.2, 0) is 29.5 Å². The number of aromatic nitrogens is 6. The van der Waals surface area contributed by atoms with Crippen molar-refractivity contribution >= 4 is 22.8 Å². The Balaban J connectivity index is 1.43. The van der Waals surface area contributed by atoms with E-state index in [1.54, 1.807) is 24.0 Å². The molecule has 1 aromatic carbocycles. The summed E-state index contributed by atoms with van der Waals surface area (Å²) in [6.07, 6.45) is 4.50. The van der Waals surface area contributed by atoms with E-state index in [9.17, 15) is 9.59 Å². The number of carbonyl (C=O) groups is 1. The highest BCUT2D eigenvalue weighted by Gasteiger charge is 2.27. The minimum absolute atomic E-state index is 0.118. The zero-order valence-corrected chi connectivity index (χ0v) is 20.0. The highest BCUT2D eigenvalue weighted by Crippen LogP contribution is 2.24. The van der Waals surface area contributed by atoms with Crippen LogP contribution in [0.2, 0.25) is 0 Å². The predicted octanol–water partition coefficient (Wildman–Crippen LogP) is 2.88. The summed E-state index contributed by atoms with van der Waals surface area (Å²) in [5, 5.41) is 0. The highest BCUT2D eigenvalue weighted by atomic mass is 16.5. The molecule has 5 rings (SSSR count). The minimum Gasteiger partial charge on any atom is -0.454 e. The molecule has 1 atom stereocenters. The van der Waals surface area contributed by atoms with E-state index in [-0.39, 0.29) is 11.5 Å². The molecule has 1 aliphatic heterocycles. The number of rotatable bonds is 6. The van der Waals surface area contributed by atoms with Gasteiger partial charge in [0, 0.05) is 38.3 Å². The van der Waals surface area contributed by atoms with Crippen LogP contribution in [0.3, 0.4) is 0 Å². The molecule has 1 unspecified atom stereocenters. The molecule has 35 heavy (non-hydrogen) atoms. The topological polar surface area (TPSA) is 108 Å². The number of para-hydroxylation sites is 2. The molecule has 0 radical (unpaired) electrons. The molecule has 10 heteroatoms. The number of nitrogens with zero attached hydrogens (tertiary/aromatic N) is 7. The van der Waals surface area contributed by atoms with Crippen LogP contribution < -0.4 is 10.5 Å². The first-order chi connectivity index (χ1) is 17.0. The van der Waals surface area contributed by atoms with Gasteiger partial charge in [0.15, 0.2) is 17.7 Å². The summed E-state index contributed by atoms with van der Waals surface area (Å²) in [6, 6.07) is 9.40. The largest absolute Gasteiger partial charge is 0.454 e. The third kappa shape index (κ3) is 4.27. The van der Waals surface area contributed by atoms with Gasteiger partial charge in [-0.2, -0.15) is 4.68 Å². The molecule has 0 bridgehead atoms. The number of hydrogen-bond donors (Lipinski definition) is 0. The second-order valence-corrected chi connectivity index (χ2v) is 8.61. The Morgan fingerprint density at radius 2 is 1.91 bits per heavy atom. The van der Waals surface area contributed by atoms with Crippen LogP contribution in [0.25, 0.3) is 16.9 Å². The summed E-state index contributed by atoms with van der Waals surface area (Å²) >= 11 is 0. The van der Waals surface area contributed by atoms with E-state index in [0.29, 0.717) is 49.0 Å². The molecule has 0 fully saturated rings. The fourth-order valence-corrected chi connectivity index (χ4v) is 4.44. The Hall–Kier alpha value is -4.08. The van der Waals surface area contributed by atoms with Gasteiger partial charge in [-0.15, -0.1) is 0 Å². The van der Waals surface area contributed by atoms with Crippen molar-refractivity contribution in [3.8, 4) is 5.82 Å². The molecular formula is C25H27N7O3. The zero-order chi connectivity index (χ0) is 24.5. The van der Waals surface area contributed by atoms with Gasteiger partial charge in [-0.3, -0.25) is 19.3 Å². The van der Waals surface area contributed by atoms with Crippen molar-refractivity contribution in [1.82, 2.24) is 29.3 Å². The van der Waals surface area contributed by atoms with Gasteiger partial charge in [-0.05, 0) is 31.5 Å². The number of anilines is 1. The minimum atomic E-state index is -0.546. The molecule has 4 heterocycles. The van der Waals surface area contributed by atoms with Gasteiger partial charge in [-0.25, -0.2) is 15.0 Å². The van der Waals surface area contributed by atoms with Gasteiger partial charge in [0.25, 0.3) is 5.56 Å². The van der Waals surface area contributed by atoms with E-state index in [0.717, 1.165) is 23.1 Å². The lowest BCUT2D eigenvalue weighted by Crippen LogP contribution is -2.33. The Morgan fingerprint density at radius 1 is 1.11 bits per heavy atom. The number of ether oxygens (including phenoxy) is 1. The third-order valence-electron chi connectivity index (χ3n) is 6.22. The Kier molecular flexibility index (Phi) is 6.02. The Bertz CT molecular complexity index is 1460. The number of fused-ring (bicyclic) bond motifs is 2. The summed E-state index contributed by atoms with van der Waals surface area (Å²) in [5.41, 5.74) is 3.07. The molecule has 0 aliphatic carbocycles.